The second-order valence-corrected chi connectivity index (χ2v) is 4.57. The molecular formula is C12H15N3O4. The molecule has 102 valence electrons. The van der Waals surface area contributed by atoms with Gasteiger partial charge < -0.3 is 15.8 Å². The fraction of sp³-hybridized carbons (Fsp3) is 0.417. The van der Waals surface area contributed by atoms with E-state index < -0.39 is 10.8 Å². The number of ether oxygens (including phenoxy) is 1. The van der Waals surface area contributed by atoms with Crippen molar-refractivity contribution in [1.29, 1.82) is 0 Å². The van der Waals surface area contributed by atoms with E-state index in [0.29, 0.717) is 6.61 Å². The van der Waals surface area contributed by atoms with E-state index in [1.54, 1.807) is 13.0 Å². The van der Waals surface area contributed by atoms with E-state index in [-0.39, 0.29) is 29.9 Å². The molecular weight excluding hydrogens is 250 g/mol. The van der Waals surface area contributed by atoms with Gasteiger partial charge in [0.15, 0.2) is 0 Å². The van der Waals surface area contributed by atoms with E-state index in [0.717, 1.165) is 5.56 Å². The van der Waals surface area contributed by atoms with Crippen molar-refractivity contribution in [3.8, 4) is 0 Å². The van der Waals surface area contributed by atoms with Crippen LogP contribution in [0.15, 0.2) is 18.2 Å². The second-order valence-electron chi connectivity index (χ2n) is 4.57. The minimum atomic E-state index is -0.520. The zero-order valence-electron chi connectivity index (χ0n) is 10.5. The molecule has 19 heavy (non-hydrogen) atoms. The van der Waals surface area contributed by atoms with Gasteiger partial charge in [0.2, 0.25) is 5.91 Å². The van der Waals surface area contributed by atoms with Crippen LogP contribution >= 0.6 is 0 Å². The highest BCUT2D eigenvalue weighted by Crippen LogP contribution is 2.26. The van der Waals surface area contributed by atoms with E-state index in [1.165, 1.54) is 12.1 Å². The van der Waals surface area contributed by atoms with Crippen LogP contribution in [0.3, 0.4) is 0 Å². The average molecular weight is 265 g/mol. The molecule has 0 saturated carbocycles. The van der Waals surface area contributed by atoms with Crippen molar-refractivity contribution in [1.82, 2.24) is 0 Å². The normalized spacial score (nSPS) is 22.2. The highest BCUT2D eigenvalue weighted by atomic mass is 16.6. The Labute approximate surface area is 109 Å². The molecule has 1 aliphatic heterocycles. The van der Waals surface area contributed by atoms with Gasteiger partial charge in [0.25, 0.3) is 5.69 Å². The summed E-state index contributed by atoms with van der Waals surface area (Å²) in [6, 6.07) is 4.27. The van der Waals surface area contributed by atoms with Crippen LogP contribution in [0.2, 0.25) is 0 Å². The zero-order valence-corrected chi connectivity index (χ0v) is 10.5. The summed E-state index contributed by atoms with van der Waals surface area (Å²) in [6.45, 7) is 2.32. The molecule has 7 heteroatoms. The molecule has 0 bridgehead atoms. The smallest absolute Gasteiger partial charge is 0.293 e. The van der Waals surface area contributed by atoms with Crippen LogP contribution in [0.5, 0.6) is 0 Å². The van der Waals surface area contributed by atoms with Crippen molar-refractivity contribution in [2.75, 3.05) is 18.5 Å². The summed E-state index contributed by atoms with van der Waals surface area (Å²) >= 11 is 0. The Hall–Kier alpha value is -1.99. The largest absolute Gasteiger partial charge is 0.379 e. The van der Waals surface area contributed by atoms with Gasteiger partial charge in [-0.2, -0.15) is 0 Å². The van der Waals surface area contributed by atoms with Gasteiger partial charge in [-0.3, -0.25) is 14.9 Å². The van der Waals surface area contributed by atoms with Crippen LogP contribution in [-0.2, 0) is 9.53 Å². The van der Waals surface area contributed by atoms with Crippen LogP contribution in [0.4, 0.5) is 11.4 Å². The Morgan fingerprint density at radius 1 is 1.53 bits per heavy atom. The van der Waals surface area contributed by atoms with Crippen molar-refractivity contribution < 1.29 is 14.5 Å². The molecule has 1 aromatic carbocycles. The summed E-state index contributed by atoms with van der Waals surface area (Å²) in [5.74, 6) is -0.821. The highest BCUT2D eigenvalue weighted by Gasteiger charge is 2.32. The van der Waals surface area contributed by atoms with E-state index in [2.05, 4.69) is 5.32 Å². The van der Waals surface area contributed by atoms with Gasteiger partial charge in [0.1, 0.15) is 5.69 Å². The summed E-state index contributed by atoms with van der Waals surface area (Å²) in [5, 5.41) is 13.5. The van der Waals surface area contributed by atoms with Crippen LogP contribution in [0.1, 0.15) is 5.56 Å². The zero-order chi connectivity index (χ0) is 14.0. The first kappa shape index (κ1) is 13.4. The molecule has 3 N–H and O–H groups in total. The topological polar surface area (TPSA) is 107 Å². The molecule has 1 heterocycles. The third kappa shape index (κ3) is 2.88. The predicted octanol–water partition coefficient (Wildman–Crippen LogP) is 0.815. The first-order valence-electron chi connectivity index (χ1n) is 5.88. The number of nitro benzene ring substituents is 1. The number of nitrogens with one attached hydrogen (secondary N) is 1. The van der Waals surface area contributed by atoms with Crippen LogP contribution < -0.4 is 11.1 Å². The molecule has 1 aromatic rings. The fourth-order valence-electron chi connectivity index (χ4n) is 1.96. The third-order valence-corrected chi connectivity index (χ3v) is 3.07. The second kappa shape index (κ2) is 5.33. The Bertz CT molecular complexity index is 518. The lowest BCUT2D eigenvalue weighted by Crippen LogP contribution is -2.37. The number of aryl methyl sites for hydroxylation is 1. The van der Waals surface area contributed by atoms with Gasteiger partial charge in [0.05, 0.1) is 24.1 Å². The number of hydrogen-bond acceptors (Lipinski definition) is 5. The van der Waals surface area contributed by atoms with Crippen molar-refractivity contribution in [2.24, 2.45) is 11.7 Å². The fourth-order valence-corrected chi connectivity index (χ4v) is 1.96. The van der Waals surface area contributed by atoms with Crippen LogP contribution in [0.25, 0.3) is 0 Å². The number of carbonyl (C=O) groups excluding carboxylic acids is 1. The number of nitro groups is 1. The summed E-state index contributed by atoms with van der Waals surface area (Å²) in [6.07, 6.45) is 0. The highest BCUT2D eigenvalue weighted by molar-refractivity contribution is 5.95. The third-order valence-electron chi connectivity index (χ3n) is 3.07. The van der Waals surface area contributed by atoms with Gasteiger partial charge in [-0.1, -0.05) is 6.07 Å². The molecule has 7 nitrogen and oxygen atoms in total. The number of nitrogens with two attached hydrogens (primary N) is 1. The van der Waals surface area contributed by atoms with E-state index in [1.807, 2.05) is 0 Å². The van der Waals surface area contributed by atoms with Gasteiger partial charge >= 0.3 is 0 Å². The van der Waals surface area contributed by atoms with Gasteiger partial charge in [0, 0.05) is 12.1 Å². The Morgan fingerprint density at radius 3 is 2.84 bits per heavy atom. The maximum Gasteiger partial charge on any atom is 0.293 e. The lowest BCUT2D eigenvalue weighted by atomic mass is 10.0. The number of amides is 1. The lowest BCUT2D eigenvalue weighted by molar-refractivity contribution is -0.384. The first-order valence-corrected chi connectivity index (χ1v) is 5.88. The molecule has 2 rings (SSSR count). The van der Waals surface area contributed by atoms with E-state index in [4.69, 9.17) is 10.5 Å². The molecule has 1 saturated heterocycles. The minimum Gasteiger partial charge on any atom is -0.379 e. The Morgan fingerprint density at radius 2 is 2.26 bits per heavy atom. The van der Waals surface area contributed by atoms with Gasteiger partial charge in [-0.05, 0) is 18.6 Å². The lowest BCUT2D eigenvalue weighted by Gasteiger charge is -2.13. The van der Waals surface area contributed by atoms with Gasteiger partial charge in [-0.15, -0.1) is 0 Å². The summed E-state index contributed by atoms with van der Waals surface area (Å²) in [4.78, 5) is 22.4. The van der Waals surface area contributed by atoms with E-state index in [9.17, 15) is 14.9 Å². The van der Waals surface area contributed by atoms with Crippen LogP contribution in [0, 0.1) is 23.0 Å². The van der Waals surface area contributed by atoms with Crippen molar-refractivity contribution >= 4 is 17.3 Å². The van der Waals surface area contributed by atoms with Crippen molar-refractivity contribution in [3.05, 3.63) is 33.9 Å². The summed E-state index contributed by atoms with van der Waals surface area (Å²) < 4.78 is 5.11. The number of hydrogen-bond donors (Lipinski definition) is 2. The Kier molecular flexibility index (Phi) is 3.77. The molecule has 2 atom stereocenters. The van der Waals surface area contributed by atoms with Crippen LogP contribution in [-0.4, -0.2) is 30.1 Å². The molecule has 0 aliphatic carbocycles. The molecule has 1 fully saturated rings. The molecule has 0 radical (unpaired) electrons. The standard InChI is InChI=1S/C12H15N3O4/c1-7-2-3-10(11(4-7)15(17)18)14-12(16)8-5-19-6-9(8)13/h2-4,8-9H,5-6,13H2,1H3,(H,14,16). The maximum absolute atomic E-state index is 12.0. The van der Waals surface area contributed by atoms with Crippen molar-refractivity contribution in [3.63, 3.8) is 0 Å². The number of rotatable bonds is 3. The van der Waals surface area contributed by atoms with Crippen molar-refractivity contribution in [2.45, 2.75) is 13.0 Å². The summed E-state index contributed by atoms with van der Waals surface area (Å²) in [7, 11) is 0. The molecule has 2 unspecified atom stereocenters. The average Bonchev–Trinajstić information content (AvgIpc) is 2.77. The Balaban J connectivity index is 2.19. The van der Waals surface area contributed by atoms with E-state index >= 15 is 0 Å². The number of benzene rings is 1. The van der Waals surface area contributed by atoms with Gasteiger partial charge in [-0.25, -0.2) is 0 Å². The number of anilines is 1. The predicted molar refractivity (Wildman–Crippen MR) is 68.7 cm³/mol. The summed E-state index contributed by atoms with van der Waals surface area (Å²) in [5.41, 5.74) is 6.55. The molecule has 0 spiro atoms. The molecule has 1 aliphatic rings. The first-order chi connectivity index (χ1) is 8.99. The maximum atomic E-state index is 12.0. The number of nitrogens with zero attached hydrogens (tertiary/aromatic N) is 1. The number of carbonyl (C=O) groups is 1. The monoisotopic (exact) mass is 265 g/mol. The quantitative estimate of drug-likeness (QED) is 0.621. The SMILES string of the molecule is Cc1ccc(NC(=O)C2COCC2N)c([N+](=O)[O-])c1. The molecule has 0 aromatic heterocycles. The minimum absolute atomic E-state index is 0.124. The molecule has 1 amide bonds.